The number of unbranched alkanes of at least 4 members (excludes halogenated alkanes) is 2. The van der Waals surface area contributed by atoms with Gasteiger partial charge in [0, 0.05) is 57.6 Å². The minimum absolute atomic E-state index is 0.190. The first-order valence-electron chi connectivity index (χ1n) is 8.04. The first-order valence-corrected chi connectivity index (χ1v) is 8.04. The Morgan fingerprint density at radius 1 is 1.14 bits per heavy atom. The van der Waals surface area contributed by atoms with Crippen molar-refractivity contribution in [3.05, 3.63) is 28.2 Å². The van der Waals surface area contributed by atoms with Crippen molar-refractivity contribution >= 4 is 0 Å². The quantitative estimate of drug-likeness (QED) is 0.716. The Bertz CT molecular complexity index is 522. The summed E-state index contributed by atoms with van der Waals surface area (Å²) >= 11 is 0. The van der Waals surface area contributed by atoms with Gasteiger partial charge in [-0.05, 0) is 26.3 Å². The molecule has 0 aliphatic carbocycles. The molecule has 0 saturated carbocycles. The number of likely N-dealkylation sites (N-methyl/N-ethyl adjacent to an activating group) is 1. The van der Waals surface area contributed by atoms with E-state index in [2.05, 4.69) is 16.8 Å². The van der Waals surface area contributed by atoms with Gasteiger partial charge in [0.05, 0.1) is 6.20 Å². The van der Waals surface area contributed by atoms with Crippen LogP contribution in [0.25, 0.3) is 0 Å². The van der Waals surface area contributed by atoms with Crippen molar-refractivity contribution in [2.45, 2.75) is 32.4 Å². The Morgan fingerprint density at radius 3 is 2.55 bits per heavy atom. The summed E-state index contributed by atoms with van der Waals surface area (Å²) in [4.78, 5) is 16.4. The Balaban J connectivity index is 2.04. The van der Waals surface area contributed by atoms with Crippen LogP contribution in [0.1, 0.15) is 25.0 Å². The van der Waals surface area contributed by atoms with Crippen LogP contribution >= 0.6 is 0 Å². The highest BCUT2D eigenvalue weighted by Gasteiger charge is 2.16. The minimum Gasteiger partial charge on any atom is -0.503 e. The lowest BCUT2D eigenvalue weighted by molar-refractivity contribution is 0.145. The molecule has 6 heteroatoms. The third kappa shape index (κ3) is 4.83. The molecular formula is C16H27N3O3. The monoisotopic (exact) mass is 309 g/mol. The minimum atomic E-state index is -0.310. The van der Waals surface area contributed by atoms with Gasteiger partial charge < -0.3 is 19.7 Å². The summed E-state index contributed by atoms with van der Waals surface area (Å²) in [5.74, 6) is -0.190. The fraction of sp³-hybridized carbons (Fsp3) is 0.688. The highest BCUT2D eigenvalue weighted by Crippen LogP contribution is 2.12. The van der Waals surface area contributed by atoms with Gasteiger partial charge in [-0.1, -0.05) is 0 Å². The molecule has 1 aliphatic heterocycles. The summed E-state index contributed by atoms with van der Waals surface area (Å²) in [6.07, 6.45) is 4.21. The lowest BCUT2D eigenvalue weighted by Gasteiger charge is -2.32. The molecule has 1 aromatic heterocycles. The number of piperazine rings is 1. The van der Waals surface area contributed by atoms with Crippen molar-refractivity contribution in [3.8, 4) is 5.75 Å². The highest BCUT2D eigenvalue weighted by molar-refractivity contribution is 5.20. The first kappa shape index (κ1) is 17.0. The van der Waals surface area contributed by atoms with Crippen LogP contribution in [0.4, 0.5) is 0 Å². The number of hydrogen-bond donors (Lipinski definition) is 2. The van der Waals surface area contributed by atoms with E-state index < -0.39 is 0 Å². The van der Waals surface area contributed by atoms with Crippen LogP contribution in [0.15, 0.2) is 17.1 Å². The highest BCUT2D eigenvalue weighted by atomic mass is 16.3. The third-order valence-electron chi connectivity index (χ3n) is 4.24. The molecule has 22 heavy (non-hydrogen) atoms. The first-order chi connectivity index (χ1) is 10.6. The molecule has 0 unspecified atom stereocenters. The van der Waals surface area contributed by atoms with Gasteiger partial charge in [-0.2, -0.15) is 0 Å². The van der Waals surface area contributed by atoms with Gasteiger partial charge >= 0.3 is 0 Å². The summed E-state index contributed by atoms with van der Waals surface area (Å²) in [5, 5.41) is 18.5. The fourth-order valence-corrected chi connectivity index (χ4v) is 2.75. The number of aromatic hydroxyl groups is 1. The predicted molar refractivity (Wildman–Crippen MR) is 86.1 cm³/mol. The summed E-state index contributed by atoms with van der Waals surface area (Å²) in [6, 6.07) is 1.56. The number of aryl methyl sites for hydroxylation is 1. The largest absolute Gasteiger partial charge is 0.503 e. The molecule has 0 amide bonds. The predicted octanol–water partition coefficient (Wildman–Crippen LogP) is 0.464. The lowest BCUT2D eigenvalue weighted by Crippen LogP contribution is -2.44. The van der Waals surface area contributed by atoms with E-state index in [0.29, 0.717) is 0 Å². The van der Waals surface area contributed by atoms with Crippen LogP contribution in [0, 0.1) is 0 Å². The van der Waals surface area contributed by atoms with Gasteiger partial charge in [0.25, 0.3) is 0 Å². The molecule has 2 N–H and O–H groups in total. The van der Waals surface area contributed by atoms with Crippen LogP contribution in [0.3, 0.4) is 0 Å². The van der Waals surface area contributed by atoms with Gasteiger partial charge in [0.15, 0.2) is 5.75 Å². The number of aromatic nitrogens is 1. The van der Waals surface area contributed by atoms with Gasteiger partial charge in [-0.25, -0.2) is 0 Å². The molecule has 1 aliphatic rings. The topological polar surface area (TPSA) is 68.9 Å². The Morgan fingerprint density at radius 2 is 1.86 bits per heavy atom. The second-order valence-corrected chi connectivity index (χ2v) is 6.07. The summed E-state index contributed by atoms with van der Waals surface area (Å²) in [6.45, 7) is 5.79. The van der Waals surface area contributed by atoms with Crippen LogP contribution in [0.2, 0.25) is 0 Å². The van der Waals surface area contributed by atoms with E-state index in [9.17, 15) is 9.90 Å². The van der Waals surface area contributed by atoms with E-state index in [1.165, 1.54) is 0 Å². The van der Waals surface area contributed by atoms with Crippen molar-refractivity contribution in [1.29, 1.82) is 0 Å². The molecule has 1 aromatic rings. The molecule has 0 spiro atoms. The maximum Gasteiger partial charge on any atom is 0.223 e. The SMILES string of the molecule is CN1CCN(Cc2cc(=O)c(O)cn2CCCCCO)CC1. The number of hydrogen-bond acceptors (Lipinski definition) is 5. The normalized spacial score (nSPS) is 17.0. The molecular weight excluding hydrogens is 282 g/mol. The summed E-state index contributed by atoms with van der Waals surface area (Å²) in [7, 11) is 2.12. The Kier molecular flexibility index (Phi) is 6.42. The summed E-state index contributed by atoms with van der Waals surface area (Å²) in [5.41, 5.74) is 0.645. The van der Waals surface area contributed by atoms with Crippen molar-refractivity contribution in [2.24, 2.45) is 0 Å². The van der Waals surface area contributed by atoms with E-state index in [0.717, 1.165) is 64.2 Å². The van der Waals surface area contributed by atoms with Gasteiger partial charge in [-0.3, -0.25) is 9.69 Å². The summed E-state index contributed by atoms with van der Waals surface area (Å²) < 4.78 is 1.98. The molecule has 0 bridgehead atoms. The molecule has 2 rings (SSSR count). The van der Waals surface area contributed by atoms with E-state index in [1.807, 2.05) is 4.57 Å². The average molecular weight is 309 g/mol. The van der Waals surface area contributed by atoms with Crippen molar-refractivity contribution in [3.63, 3.8) is 0 Å². The zero-order valence-electron chi connectivity index (χ0n) is 13.4. The third-order valence-corrected chi connectivity index (χ3v) is 4.24. The average Bonchev–Trinajstić information content (AvgIpc) is 2.50. The van der Waals surface area contributed by atoms with Crippen LogP contribution < -0.4 is 5.43 Å². The van der Waals surface area contributed by atoms with Crippen LogP contribution in [-0.2, 0) is 13.1 Å². The molecule has 1 saturated heterocycles. The number of aliphatic hydroxyl groups is 1. The zero-order chi connectivity index (χ0) is 15.9. The zero-order valence-corrected chi connectivity index (χ0v) is 13.4. The van der Waals surface area contributed by atoms with Gasteiger partial charge in [-0.15, -0.1) is 0 Å². The second kappa shape index (κ2) is 8.31. The molecule has 0 aromatic carbocycles. The Hall–Kier alpha value is -1.37. The molecule has 1 fully saturated rings. The Labute approximate surface area is 131 Å². The van der Waals surface area contributed by atoms with Crippen molar-refractivity contribution in [1.82, 2.24) is 14.4 Å². The van der Waals surface area contributed by atoms with Gasteiger partial charge in [0.2, 0.25) is 5.43 Å². The molecule has 0 atom stereocenters. The smallest absolute Gasteiger partial charge is 0.223 e. The molecule has 0 radical (unpaired) electrons. The standard InChI is InChI=1S/C16H27N3O3/c1-17-6-8-18(9-7-17)12-14-11-15(21)16(22)13-19(14)5-3-2-4-10-20/h11,13,20,22H,2-10,12H2,1H3. The maximum atomic E-state index is 11.7. The van der Waals surface area contributed by atoms with E-state index >= 15 is 0 Å². The number of pyridine rings is 1. The molecule has 124 valence electrons. The second-order valence-electron chi connectivity index (χ2n) is 6.07. The van der Waals surface area contributed by atoms with E-state index in [1.54, 1.807) is 12.3 Å². The lowest BCUT2D eigenvalue weighted by atomic mass is 10.2. The van der Waals surface area contributed by atoms with Crippen molar-refractivity contribution in [2.75, 3.05) is 39.8 Å². The number of rotatable bonds is 7. The van der Waals surface area contributed by atoms with Gasteiger partial charge in [0.1, 0.15) is 0 Å². The number of aliphatic hydroxyl groups excluding tert-OH is 1. The van der Waals surface area contributed by atoms with E-state index in [-0.39, 0.29) is 17.8 Å². The van der Waals surface area contributed by atoms with Crippen LogP contribution in [0.5, 0.6) is 5.75 Å². The van der Waals surface area contributed by atoms with Crippen molar-refractivity contribution < 1.29 is 10.2 Å². The fourth-order valence-electron chi connectivity index (χ4n) is 2.75. The van der Waals surface area contributed by atoms with Crippen LogP contribution in [-0.4, -0.2) is 64.4 Å². The maximum absolute atomic E-state index is 11.7. The van der Waals surface area contributed by atoms with E-state index in [4.69, 9.17) is 5.11 Å². The number of nitrogens with zero attached hydrogens (tertiary/aromatic N) is 3. The molecule has 6 nitrogen and oxygen atoms in total. The molecule has 2 heterocycles.